The largest absolute Gasteiger partial charge is 0.384 e. The minimum Gasteiger partial charge on any atom is -0.384 e. The number of nitrogens with two attached hydrogens (primary N) is 1. The maximum Gasteiger partial charge on any atom is 0.162 e. The van der Waals surface area contributed by atoms with E-state index in [1.165, 1.54) is 0 Å². The summed E-state index contributed by atoms with van der Waals surface area (Å²) < 4.78 is 0. The molecule has 0 spiro atoms. The van der Waals surface area contributed by atoms with Crippen LogP contribution in [0.15, 0.2) is 0 Å². The maximum atomic E-state index is 10.4. The van der Waals surface area contributed by atoms with Gasteiger partial charge in [-0.25, -0.2) is 0 Å². The van der Waals surface area contributed by atoms with Crippen molar-refractivity contribution >= 4 is 5.78 Å². The Hall–Kier alpha value is -0.410. The van der Waals surface area contributed by atoms with Crippen LogP contribution in [0.3, 0.4) is 0 Å². The minimum atomic E-state index is -0.944. The molecular formula is C5H11NO2. The molecule has 0 rings (SSSR count). The summed E-state index contributed by atoms with van der Waals surface area (Å²) in [6, 6.07) is 0. The van der Waals surface area contributed by atoms with Crippen LogP contribution in [0.4, 0.5) is 0 Å². The van der Waals surface area contributed by atoms with Gasteiger partial charge in [0.1, 0.15) is 6.10 Å². The zero-order chi connectivity index (χ0) is 6.57. The molecule has 0 fully saturated rings. The predicted octanol–water partition coefficient (Wildman–Crippen LogP) is -0.715. The molecule has 0 aromatic carbocycles. The van der Waals surface area contributed by atoms with Crippen molar-refractivity contribution < 1.29 is 9.90 Å². The van der Waals surface area contributed by atoms with E-state index in [1.807, 2.05) is 0 Å². The molecule has 48 valence electrons. The van der Waals surface area contributed by atoms with Crippen molar-refractivity contribution in [2.75, 3.05) is 6.54 Å². The Morgan fingerprint density at radius 3 is 2.50 bits per heavy atom. The molecule has 0 heterocycles. The number of aliphatic hydroxyl groups excluding tert-OH is 1. The van der Waals surface area contributed by atoms with Gasteiger partial charge in [-0.05, 0) is 0 Å². The van der Waals surface area contributed by atoms with E-state index in [1.54, 1.807) is 6.92 Å². The molecule has 0 aliphatic rings. The molecule has 0 aromatic heterocycles. The molecule has 0 radical (unpaired) electrons. The number of carbonyl (C=O) groups is 1. The van der Waals surface area contributed by atoms with E-state index in [9.17, 15) is 4.79 Å². The van der Waals surface area contributed by atoms with Gasteiger partial charge in [-0.15, -0.1) is 0 Å². The van der Waals surface area contributed by atoms with Crippen LogP contribution in [0.25, 0.3) is 0 Å². The van der Waals surface area contributed by atoms with Gasteiger partial charge < -0.3 is 10.8 Å². The number of rotatable bonds is 3. The molecular weight excluding hydrogens is 106 g/mol. The lowest BCUT2D eigenvalue weighted by atomic mass is 10.2. The fraction of sp³-hybridized carbons (Fsp3) is 0.800. The van der Waals surface area contributed by atoms with Crippen LogP contribution < -0.4 is 5.73 Å². The molecule has 3 nitrogen and oxygen atoms in total. The van der Waals surface area contributed by atoms with Gasteiger partial charge in [-0.1, -0.05) is 6.92 Å². The second-order valence-corrected chi connectivity index (χ2v) is 1.57. The Morgan fingerprint density at radius 2 is 2.38 bits per heavy atom. The van der Waals surface area contributed by atoms with Crippen molar-refractivity contribution in [3.8, 4) is 0 Å². The number of carbonyl (C=O) groups excluding carboxylic acids is 1. The number of aliphatic hydroxyl groups is 1. The highest BCUT2D eigenvalue weighted by atomic mass is 16.3. The second kappa shape index (κ2) is 3.57. The summed E-state index contributed by atoms with van der Waals surface area (Å²) in [5.41, 5.74) is 4.98. The molecule has 3 N–H and O–H groups in total. The highest BCUT2D eigenvalue weighted by molar-refractivity contribution is 5.82. The van der Waals surface area contributed by atoms with Gasteiger partial charge >= 0.3 is 0 Å². The fourth-order valence-corrected chi connectivity index (χ4v) is 0.367. The molecule has 1 unspecified atom stereocenters. The first-order valence-electron chi connectivity index (χ1n) is 2.63. The van der Waals surface area contributed by atoms with Gasteiger partial charge in [-0.3, -0.25) is 4.79 Å². The Morgan fingerprint density at radius 1 is 1.88 bits per heavy atom. The van der Waals surface area contributed by atoms with Crippen molar-refractivity contribution in [1.82, 2.24) is 0 Å². The SMILES string of the molecule is CCC(=O)C(O)CN. The lowest BCUT2D eigenvalue weighted by molar-refractivity contribution is -0.126. The van der Waals surface area contributed by atoms with Gasteiger partial charge in [0.2, 0.25) is 0 Å². The Balaban J connectivity index is 3.46. The highest BCUT2D eigenvalue weighted by Crippen LogP contribution is 1.86. The van der Waals surface area contributed by atoms with Crippen molar-refractivity contribution in [2.45, 2.75) is 19.4 Å². The maximum absolute atomic E-state index is 10.4. The van der Waals surface area contributed by atoms with Crippen LogP contribution in [0.2, 0.25) is 0 Å². The van der Waals surface area contributed by atoms with E-state index in [4.69, 9.17) is 10.8 Å². The van der Waals surface area contributed by atoms with E-state index < -0.39 is 6.10 Å². The Bertz CT molecular complexity index is 82.5. The van der Waals surface area contributed by atoms with Gasteiger partial charge in [0.15, 0.2) is 5.78 Å². The molecule has 0 saturated heterocycles. The fourth-order valence-electron chi connectivity index (χ4n) is 0.367. The highest BCUT2D eigenvalue weighted by Gasteiger charge is 2.08. The third kappa shape index (κ3) is 2.04. The lowest BCUT2D eigenvalue weighted by Gasteiger charge is -2.01. The first kappa shape index (κ1) is 7.59. The zero-order valence-corrected chi connectivity index (χ0v) is 4.92. The molecule has 0 aliphatic heterocycles. The standard InChI is InChI=1S/C5H11NO2/c1-2-4(7)5(8)3-6/h5,8H,2-3,6H2,1H3. The number of Topliss-reactive ketones (excluding diaryl/α,β-unsaturated/α-hetero) is 1. The molecule has 0 aliphatic carbocycles. The molecule has 3 heteroatoms. The van der Waals surface area contributed by atoms with Crippen molar-refractivity contribution in [3.05, 3.63) is 0 Å². The quantitative estimate of drug-likeness (QED) is 0.513. The van der Waals surface area contributed by atoms with Gasteiger partial charge in [-0.2, -0.15) is 0 Å². The molecule has 0 aromatic rings. The average molecular weight is 117 g/mol. The molecule has 0 saturated carbocycles. The van der Waals surface area contributed by atoms with Gasteiger partial charge in [0, 0.05) is 13.0 Å². The van der Waals surface area contributed by atoms with Crippen molar-refractivity contribution in [3.63, 3.8) is 0 Å². The normalized spacial score (nSPS) is 13.4. The number of ketones is 1. The summed E-state index contributed by atoms with van der Waals surface area (Å²) in [6.07, 6.45) is -0.585. The van der Waals surface area contributed by atoms with Crippen LogP contribution in [-0.2, 0) is 4.79 Å². The Kier molecular flexibility index (Phi) is 3.39. The van der Waals surface area contributed by atoms with Crippen LogP contribution in [0.1, 0.15) is 13.3 Å². The predicted molar refractivity (Wildman–Crippen MR) is 30.4 cm³/mol. The van der Waals surface area contributed by atoms with E-state index in [-0.39, 0.29) is 12.3 Å². The zero-order valence-electron chi connectivity index (χ0n) is 4.92. The third-order valence-corrected chi connectivity index (χ3v) is 0.943. The van der Waals surface area contributed by atoms with E-state index >= 15 is 0 Å². The number of hydrogen-bond acceptors (Lipinski definition) is 3. The topological polar surface area (TPSA) is 63.3 Å². The molecule has 0 amide bonds. The summed E-state index contributed by atoms with van der Waals surface area (Å²) in [5, 5.41) is 8.65. The second-order valence-electron chi connectivity index (χ2n) is 1.57. The lowest BCUT2D eigenvalue weighted by Crippen LogP contribution is -2.28. The van der Waals surface area contributed by atoms with Crippen molar-refractivity contribution in [2.24, 2.45) is 5.73 Å². The molecule has 1 atom stereocenters. The Labute approximate surface area is 48.5 Å². The van der Waals surface area contributed by atoms with Gasteiger partial charge in [0.25, 0.3) is 0 Å². The van der Waals surface area contributed by atoms with Gasteiger partial charge in [0.05, 0.1) is 0 Å². The number of hydrogen-bond donors (Lipinski definition) is 2. The smallest absolute Gasteiger partial charge is 0.162 e. The van der Waals surface area contributed by atoms with Crippen LogP contribution in [-0.4, -0.2) is 23.5 Å². The minimum absolute atomic E-state index is 0.0344. The monoisotopic (exact) mass is 117 g/mol. The summed E-state index contributed by atoms with van der Waals surface area (Å²) in [5.74, 6) is -0.187. The first-order chi connectivity index (χ1) is 3.72. The molecule has 0 bridgehead atoms. The third-order valence-electron chi connectivity index (χ3n) is 0.943. The van der Waals surface area contributed by atoms with E-state index in [0.717, 1.165) is 0 Å². The van der Waals surface area contributed by atoms with Crippen LogP contribution >= 0.6 is 0 Å². The first-order valence-corrected chi connectivity index (χ1v) is 2.63. The summed E-state index contributed by atoms with van der Waals surface area (Å²) in [4.78, 5) is 10.4. The van der Waals surface area contributed by atoms with Crippen molar-refractivity contribution in [1.29, 1.82) is 0 Å². The summed E-state index contributed by atoms with van der Waals surface area (Å²) >= 11 is 0. The van der Waals surface area contributed by atoms with Crippen LogP contribution in [0.5, 0.6) is 0 Å². The van der Waals surface area contributed by atoms with E-state index in [0.29, 0.717) is 6.42 Å². The molecule has 8 heavy (non-hydrogen) atoms. The van der Waals surface area contributed by atoms with E-state index in [2.05, 4.69) is 0 Å². The average Bonchev–Trinajstić information content (AvgIpc) is 1.84. The summed E-state index contributed by atoms with van der Waals surface area (Å²) in [6.45, 7) is 1.73. The van der Waals surface area contributed by atoms with Crippen LogP contribution in [0, 0.1) is 0 Å². The summed E-state index contributed by atoms with van der Waals surface area (Å²) in [7, 11) is 0.